The standard InChI is InChI=1S/C12H14F3NO/c13-12(14,15)7-5-11(17)10-4-2-1-3-9(10)6-8-16/h1-4H,5-8,16H2. The van der Waals surface area contributed by atoms with Crippen LogP contribution in [0.2, 0.25) is 0 Å². The Labute approximate surface area is 97.6 Å². The summed E-state index contributed by atoms with van der Waals surface area (Å²) in [5.41, 5.74) is 6.44. The average Bonchev–Trinajstić information content (AvgIpc) is 2.26. The molecule has 1 rings (SSSR count). The number of benzene rings is 1. The summed E-state index contributed by atoms with van der Waals surface area (Å²) in [4.78, 5) is 11.6. The van der Waals surface area contributed by atoms with Gasteiger partial charge in [0.1, 0.15) is 0 Å². The zero-order chi connectivity index (χ0) is 12.9. The summed E-state index contributed by atoms with van der Waals surface area (Å²) in [7, 11) is 0. The highest BCUT2D eigenvalue weighted by atomic mass is 19.4. The van der Waals surface area contributed by atoms with Gasteiger partial charge in [-0.15, -0.1) is 0 Å². The SMILES string of the molecule is NCCc1ccccc1C(=O)CCC(F)(F)F. The summed E-state index contributed by atoms with van der Waals surface area (Å²) < 4.78 is 36.0. The lowest BCUT2D eigenvalue weighted by Crippen LogP contribution is -2.13. The van der Waals surface area contributed by atoms with Gasteiger partial charge in [-0.3, -0.25) is 4.79 Å². The minimum absolute atomic E-state index is 0.349. The highest BCUT2D eigenvalue weighted by Crippen LogP contribution is 2.23. The van der Waals surface area contributed by atoms with E-state index >= 15 is 0 Å². The van der Waals surface area contributed by atoms with Gasteiger partial charge in [0.2, 0.25) is 0 Å². The lowest BCUT2D eigenvalue weighted by molar-refractivity contribution is -0.133. The maximum atomic E-state index is 12.0. The maximum Gasteiger partial charge on any atom is 0.389 e. The van der Waals surface area contributed by atoms with Crippen molar-refractivity contribution >= 4 is 5.78 Å². The predicted octanol–water partition coefficient (Wildman–Crippen LogP) is 2.71. The van der Waals surface area contributed by atoms with Gasteiger partial charge < -0.3 is 5.73 Å². The van der Waals surface area contributed by atoms with Gasteiger partial charge in [0.05, 0.1) is 6.42 Å². The van der Waals surface area contributed by atoms with Gasteiger partial charge in [0.15, 0.2) is 5.78 Å². The number of ketones is 1. The van der Waals surface area contributed by atoms with Gasteiger partial charge in [0, 0.05) is 12.0 Å². The van der Waals surface area contributed by atoms with Crippen LogP contribution in [-0.2, 0) is 6.42 Å². The fourth-order valence-electron chi connectivity index (χ4n) is 1.56. The summed E-state index contributed by atoms with van der Waals surface area (Å²) in [5.74, 6) is -0.480. The zero-order valence-corrected chi connectivity index (χ0v) is 9.26. The minimum Gasteiger partial charge on any atom is -0.330 e. The molecule has 0 aliphatic heterocycles. The van der Waals surface area contributed by atoms with Crippen LogP contribution in [-0.4, -0.2) is 18.5 Å². The molecule has 94 valence electrons. The van der Waals surface area contributed by atoms with Crippen LogP contribution in [0.25, 0.3) is 0 Å². The molecule has 0 aliphatic carbocycles. The molecule has 2 nitrogen and oxygen atoms in total. The van der Waals surface area contributed by atoms with Gasteiger partial charge in [-0.05, 0) is 18.5 Å². The highest BCUT2D eigenvalue weighted by Gasteiger charge is 2.28. The first kappa shape index (κ1) is 13.7. The van der Waals surface area contributed by atoms with E-state index in [0.717, 1.165) is 0 Å². The molecule has 2 N–H and O–H groups in total. The number of carbonyl (C=O) groups excluding carboxylic acids is 1. The average molecular weight is 245 g/mol. The third kappa shape index (κ3) is 4.56. The Balaban J connectivity index is 2.74. The number of hydrogen-bond donors (Lipinski definition) is 1. The Morgan fingerprint density at radius 2 is 1.88 bits per heavy atom. The Morgan fingerprint density at radius 3 is 2.47 bits per heavy atom. The van der Waals surface area contributed by atoms with Crippen molar-refractivity contribution in [3.63, 3.8) is 0 Å². The summed E-state index contributed by atoms with van der Waals surface area (Å²) in [6.45, 7) is 0.365. The molecular formula is C12H14F3NO. The van der Waals surface area contributed by atoms with Gasteiger partial charge in [-0.2, -0.15) is 13.2 Å². The molecule has 0 saturated heterocycles. The summed E-state index contributed by atoms with van der Waals surface area (Å²) in [5, 5.41) is 0. The van der Waals surface area contributed by atoms with E-state index in [9.17, 15) is 18.0 Å². The van der Waals surface area contributed by atoms with Crippen LogP contribution in [0.4, 0.5) is 13.2 Å². The predicted molar refractivity (Wildman–Crippen MR) is 58.8 cm³/mol. The summed E-state index contributed by atoms with van der Waals surface area (Å²) in [6.07, 6.45) is -5.39. The van der Waals surface area contributed by atoms with E-state index in [0.29, 0.717) is 24.1 Å². The topological polar surface area (TPSA) is 43.1 Å². The van der Waals surface area contributed by atoms with Crippen LogP contribution in [0.3, 0.4) is 0 Å². The molecule has 0 bridgehead atoms. The Kier molecular flexibility index (Phi) is 4.69. The Bertz CT molecular complexity index is 388. The number of hydrogen-bond acceptors (Lipinski definition) is 2. The first-order valence-corrected chi connectivity index (χ1v) is 5.32. The molecule has 0 radical (unpaired) electrons. The van der Waals surface area contributed by atoms with E-state index in [2.05, 4.69) is 0 Å². The molecule has 5 heteroatoms. The number of alkyl halides is 3. The lowest BCUT2D eigenvalue weighted by Gasteiger charge is -2.09. The van der Waals surface area contributed by atoms with Crippen LogP contribution in [0.1, 0.15) is 28.8 Å². The first-order chi connectivity index (χ1) is 7.94. The highest BCUT2D eigenvalue weighted by molar-refractivity contribution is 5.97. The van der Waals surface area contributed by atoms with Crippen molar-refractivity contribution in [1.82, 2.24) is 0 Å². The summed E-state index contributed by atoms with van der Waals surface area (Å²) in [6, 6.07) is 6.64. The van der Waals surface area contributed by atoms with E-state index in [4.69, 9.17) is 5.73 Å². The molecule has 0 saturated carbocycles. The lowest BCUT2D eigenvalue weighted by atomic mass is 9.98. The molecule has 0 aromatic heterocycles. The number of carbonyl (C=O) groups is 1. The first-order valence-electron chi connectivity index (χ1n) is 5.32. The van der Waals surface area contributed by atoms with Crippen LogP contribution >= 0.6 is 0 Å². The van der Waals surface area contributed by atoms with Crippen molar-refractivity contribution in [2.75, 3.05) is 6.54 Å². The van der Waals surface area contributed by atoms with Crippen molar-refractivity contribution in [3.8, 4) is 0 Å². The molecule has 1 aromatic carbocycles. The minimum atomic E-state index is -4.29. The van der Waals surface area contributed by atoms with Crippen LogP contribution in [0.5, 0.6) is 0 Å². The maximum absolute atomic E-state index is 12.0. The third-order valence-corrected chi connectivity index (χ3v) is 2.37. The number of rotatable bonds is 5. The molecule has 0 amide bonds. The van der Waals surface area contributed by atoms with Gasteiger partial charge in [0.25, 0.3) is 0 Å². The van der Waals surface area contributed by atoms with Crippen LogP contribution in [0.15, 0.2) is 24.3 Å². The fraction of sp³-hybridized carbons (Fsp3) is 0.417. The number of halogens is 3. The number of nitrogens with two attached hydrogens (primary N) is 1. The van der Waals surface area contributed by atoms with Crippen molar-refractivity contribution in [3.05, 3.63) is 35.4 Å². The van der Waals surface area contributed by atoms with Crippen LogP contribution in [0, 0.1) is 0 Å². The fourth-order valence-corrected chi connectivity index (χ4v) is 1.56. The van der Waals surface area contributed by atoms with Crippen molar-refractivity contribution in [1.29, 1.82) is 0 Å². The van der Waals surface area contributed by atoms with Crippen molar-refractivity contribution in [2.24, 2.45) is 5.73 Å². The second kappa shape index (κ2) is 5.82. The van der Waals surface area contributed by atoms with E-state index in [1.165, 1.54) is 0 Å². The molecular weight excluding hydrogens is 231 g/mol. The smallest absolute Gasteiger partial charge is 0.330 e. The molecule has 0 heterocycles. The van der Waals surface area contributed by atoms with Gasteiger partial charge >= 0.3 is 6.18 Å². The molecule has 0 fully saturated rings. The van der Waals surface area contributed by atoms with E-state index in [-0.39, 0.29) is 0 Å². The molecule has 0 atom stereocenters. The molecule has 0 spiro atoms. The van der Waals surface area contributed by atoms with E-state index in [1.54, 1.807) is 24.3 Å². The van der Waals surface area contributed by atoms with Crippen molar-refractivity contribution < 1.29 is 18.0 Å². The Morgan fingerprint density at radius 1 is 1.24 bits per heavy atom. The van der Waals surface area contributed by atoms with E-state index < -0.39 is 24.8 Å². The second-order valence-corrected chi connectivity index (χ2v) is 3.73. The second-order valence-electron chi connectivity index (χ2n) is 3.73. The monoisotopic (exact) mass is 245 g/mol. The van der Waals surface area contributed by atoms with Crippen LogP contribution < -0.4 is 5.73 Å². The third-order valence-electron chi connectivity index (χ3n) is 2.37. The molecule has 1 aromatic rings. The molecule has 0 aliphatic rings. The zero-order valence-electron chi connectivity index (χ0n) is 9.26. The number of Topliss-reactive ketones (excluding diaryl/α,β-unsaturated/α-hetero) is 1. The molecule has 0 unspecified atom stereocenters. The Hall–Kier alpha value is -1.36. The quantitative estimate of drug-likeness (QED) is 0.810. The van der Waals surface area contributed by atoms with Crippen molar-refractivity contribution in [2.45, 2.75) is 25.4 Å². The van der Waals surface area contributed by atoms with Gasteiger partial charge in [-0.1, -0.05) is 24.3 Å². The summed E-state index contributed by atoms with van der Waals surface area (Å²) >= 11 is 0. The molecule has 17 heavy (non-hydrogen) atoms. The van der Waals surface area contributed by atoms with E-state index in [1.807, 2.05) is 0 Å². The normalized spacial score (nSPS) is 11.5. The van der Waals surface area contributed by atoms with Gasteiger partial charge in [-0.25, -0.2) is 0 Å². The largest absolute Gasteiger partial charge is 0.389 e.